The van der Waals surface area contributed by atoms with Crippen molar-refractivity contribution in [2.45, 2.75) is 25.5 Å². The zero-order valence-electron chi connectivity index (χ0n) is 15.4. The molecule has 0 bridgehead atoms. The Kier molecular flexibility index (Phi) is 4.06. The summed E-state index contributed by atoms with van der Waals surface area (Å²) in [5, 5.41) is 10.8. The van der Waals surface area contributed by atoms with Crippen LogP contribution in [0.4, 0.5) is 0 Å². The lowest BCUT2D eigenvalue weighted by molar-refractivity contribution is 0.131. The van der Waals surface area contributed by atoms with Gasteiger partial charge in [-0.3, -0.25) is 4.79 Å². The Labute approximate surface area is 162 Å². The van der Waals surface area contributed by atoms with E-state index in [1.807, 2.05) is 47.0 Å². The van der Waals surface area contributed by atoms with Crippen molar-refractivity contribution in [3.8, 4) is 22.3 Å². The third-order valence-electron chi connectivity index (χ3n) is 5.46. The average Bonchev–Trinajstić information content (AvgIpc) is 2.75. The molecule has 1 atom stereocenters. The van der Waals surface area contributed by atoms with Crippen LogP contribution in [0.2, 0.25) is 0 Å². The molecule has 0 amide bonds. The number of rotatable bonds is 2. The Balaban J connectivity index is 1.87. The molecule has 1 N–H and O–H groups in total. The van der Waals surface area contributed by atoms with Crippen molar-refractivity contribution in [2.24, 2.45) is 0 Å². The molecule has 0 fully saturated rings. The van der Waals surface area contributed by atoms with Gasteiger partial charge in [0.05, 0.1) is 23.6 Å². The first-order valence-corrected chi connectivity index (χ1v) is 9.57. The lowest BCUT2D eigenvalue weighted by Gasteiger charge is -2.25. The molecule has 0 aliphatic carbocycles. The van der Waals surface area contributed by atoms with Crippen LogP contribution in [0.15, 0.2) is 77.6 Å². The lowest BCUT2D eigenvalue weighted by atomic mass is 9.92. The molecule has 4 aromatic rings. The van der Waals surface area contributed by atoms with Crippen LogP contribution >= 0.6 is 0 Å². The van der Waals surface area contributed by atoms with Gasteiger partial charge in [-0.05, 0) is 40.8 Å². The molecule has 138 valence electrons. The molecular weight excluding hydrogens is 348 g/mol. The predicted molar refractivity (Wildman–Crippen MR) is 111 cm³/mol. The second-order valence-corrected chi connectivity index (χ2v) is 7.28. The molecule has 1 aliphatic rings. The fraction of sp³-hybridized carbons (Fsp3) is 0.167. The molecule has 0 radical (unpaired) electrons. The minimum absolute atomic E-state index is 0.200. The van der Waals surface area contributed by atoms with E-state index in [1.165, 1.54) is 0 Å². The Bertz CT molecular complexity index is 1210. The van der Waals surface area contributed by atoms with Gasteiger partial charge in [0, 0.05) is 6.42 Å². The number of aromatic nitrogens is 2. The van der Waals surface area contributed by atoms with Crippen molar-refractivity contribution >= 4 is 10.9 Å². The molecule has 1 aliphatic heterocycles. The average molecular weight is 368 g/mol. The quantitative estimate of drug-likeness (QED) is 0.581. The number of hydrogen-bond acceptors (Lipinski definition) is 3. The van der Waals surface area contributed by atoms with Gasteiger partial charge in [0.15, 0.2) is 0 Å². The van der Waals surface area contributed by atoms with Crippen LogP contribution in [0, 0.1) is 0 Å². The maximum absolute atomic E-state index is 12.8. The summed E-state index contributed by atoms with van der Waals surface area (Å²) >= 11 is 0. The third-order valence-corrected chi connectivity index (χ3v) is 5.46. The van der Waals surface area contributed by atoms with E-state index in [0.717, 1.165) is 33.6 Å². The molecule has 4 heteroatoms. The van der Waals surface area contributed by atoms with Gasteiger partial charge in [-0.25, -0.2) is 0 Å². The summed E-state index contributed by atoms with van der Waals surface area (Å²) in [6, 6.07) is 24.3. The highest BCUT2D eigenvalue weighted by molar-refractivity contribution is 5.94. The van der Waals surface area contributed by atoms with Crippen LogP contribution in [-0.4, -0.2) is 20.8 Å². The first-order valence-electron chi connectivity index (χ1n) is 9.57. The van der Waals surface area contributed by atoms with E-state index < -0.39 is 6.10 Å². The van der Waals surface area contributed by atoms with Crippen molar-refractivity contribution in [1.82, 2.24) is 9.55 Å². The van der Waals surface area contributed by atoms with E-state index in [9.17, 15) is 9.90 Å². The molecule has 1 aromatic heterocycles. The van der Waals surface area contributed by atoms with E-state index >= 15 is 0 Å². The fourth-order valence-electron chi connectivity index (χ4n) is 4.07. The standard InChI is InChI=1S/C24H20N2O2/c27-18-11-12-23-25-24(28)21-13-19(16-7-3-1-4-8-16)20(14-22(21)26(23)15-18)17-9-5-2-6-10-17/h1-10,13-14,18,27H,11-12,15H2. The first-order chi connectivity index (χ1) is 13.7. The maximum atomic E-state index is 12.8. The zero-order chi connectivity index (χ0) is 19.1. The predicted octanol–water partition coefficient (Wildman–Crippen LogP) is 4.04. The van der Waals surface area contributed by atoms with E-state index in [4.69, 9.17) is 0 Å². The first kappa shape index (κ1) is 16.9. The molecule has 0 saturated heterocycles. The number of benzene rings is 3. The van der Waals surface area contributed by atoms with Crippen molar-refractivity contribution in [2.75, 3.05) is 0 Å². The van der Waals surface area contributed by atoms with Gasteiger partial charge < -0.3 is 9.67 Å². The van der Waals surface area contributed by atoms with Gasteiger partial charge in [-0.15, -0.1) is 0 Å². The fourth-order valence-corrected chi connectivity index (χ4v) is 4.07. The van der Waals surface area contributed by atoms with Crippen molar-refractivity contribution in [3.63, 3.8) is 0 Å². The summed E-state index contributed by atoms with van der Waals surface area (Å²) in [7, 11) is 0. The van der Waals surface area contributed by atoms with Crippen LogP contribution in [0.5, 0.6) is 0 Å². The Hall–Kier alpha value is -3.24. The zero-order valence-corrected chi connectivity index (χ0v) is 15.4. The van der Waals surface area contributed by atoms with Crippen LogP contribution < -0.4 is 5.56 Å². The minimum Gasteiger partial charge on any atom is -0.391 e. The summed E-state index contributed by atoms with van der Waals surface area (Å²) in [6.07, 6.45) is 0.855. The highest BCUT2D eigenvalue weighted by Gasteiger charge is 2.21. The molecule has 5 rings (SSSR count). The molecule has 1 unspecified atom stereocenters. The maximum Gasteiger partial charge on any atom is 0.280 e. The molecule has 3 aromatic carbocycles. The number of aliphatic hydroxyl groups excluding tert-OH is 1. The molecule has 4 nitrogen and oxygen atoms in total. The molecule has 2 heterocycles. The number of aliphatic hydroxyl groups is 1. The summed E-state index contributed by atoms with van der Waals surface area (Å²) in [6.45, 7) is 0.470. The summed E-state index contributed by atoms with van der Waals surface area (Å²) in [4.78, 5) is 17.1. The van der Waals surface area contributed by atoms with Gasteiger partial charge in [0.2, 0.25) is 0 Å². The monoisotopic (exact) mass is 368 g/mol. The van der Waals surface area contributed by atoms with Crippen molar-refractivity contribution < 1.29 is 5.11 Å². The van der Waals surface area contributed by atoms with Crippen LogP contribution in [0.3, 0.4) is 0 Å². The largest absolute Gasteiger partial charge is 0.391 e. The van der Waals surface area contributed by atoms with Crippen molar-refractivity contribution in [1.29, 1.82) is 0 Å². The normalized spacial score (nSPS) is 16.1. The highest BCUT2D eigenvalue weighted by atomic mass is 16.3. The third kappa shape index (κ3) is 2.83. The number of aryl methyl sites for hydroxylation is 1. The highest BCUT2D eigenvalue weighted by Crippen LogP contribution is 2.35. The Morgan fingerprint density at radius 1 is 0.893 bits per heavy atom. The summed E-state index contributed by atoms with van der Waals surface area (Å²) in [5.74, 6) is 0.759. The van der Waals surface area contributed by atoms with Crippen molar-refractivity contribution in [3.05, 3.63) is 89.0 Å². The van der Waals surface area contributed by atoms with Gasteiger partial charge in [0.25, 0.3) is 5.56 Å². The number of nitrogens with zero attached hydrogens (tertiary/aromatic N) is 2. The van der Waals surface area contributed by atoms with Gasteiger partial charge >= 0.3 is 0 Å². The topological polar surface area (TPSA) is 55.1 Å². The van der Waals surface area contributed by atoms with Crippen LogP contribution in [0.25, 0.3) is 33.2 Å². The molecular formula is C24H20N2O2. The van der Waals surface area contributed by atoms with E-state index in [2.05, 4.69) is 35.3 Å². The molecule has 28 heavy (non-hydrogen) atoms. The molecule has 0 saturated carbocycles. The van der Waals surface area contributed by atoms with Gasteiger partial charge in [-0.2, -0.15) is 4.98 Å². The molecule has 0 spiro atoms. The van der Waals surface area contributed by atoms with E-state index in [1.54, 1.807) is 0 Å². The number of hydrogen-bond donors (Lipinski definition) is 1. The second-order valence-electron chi connectivity index (χ2n) is 7.28. The number of fused-ring (bicyclic) bond motifs is 3. The summed E-state index contributed by atoms with van der Waals surface area (Å²) < 4.78 is 2.01. The van der Waals surface area contributed by atoms with E-state index in [0.29, 0.717) is 24.8 Å². The summed E-state index contributed by atoms with van der Waals surface area (Å²) in [5.41, 5.74) is 4.88. The van der Waals surface area contributed by atoms with Crippen LogP contribution in [-0.2, 0) is 13.0 Å². The Morgan fingerprint density at radius 3 is 2.14 bits per heavy atom. The minimum atomic E-state index is -0.408. The van der Waals surface area contributed by atoms with Gasteiger partial charge in [-0.1, -0.05) is 60.7 Å². The second kappa shape index (κ2) is 6.73. The SMILES string of the molecule is O=c1nc2n(c3cc(-c4ccccc4)c(-c4ccccc4)cc13)CC(O)CC2. The van der Waals surface area contributed by atoms with Crippen LogP contribution in [0.1, 0.15) is 12.2 Å². The smallest absolute Gasteiger partial charge is 0.280 e. The lowest BCUT2D eigenvalue weighted by Crippen LogP contribution is -2.29. The Morgan fingerprint density at radius 2 is 1.50 bits per heavy atom. The van der Waals surface area contributed by atoms with E-state index in [-0.39, 0.29) is 5.56 Å². The van der Waals surface area contributed by atoms with Gasteiger partial charge in [0.1, 0.15) is 5.82 Å².